The van der Waals surface area contributed by atoms with Crippen molar-refractivity contribution in [1.82, 2.24) is 14.7 Å². The second kappa shape index (κ2) is 8.95. The summed E-state index contributed by atoms with van der Waals surface area (Å²) in [7, 11) is 0. The molecule has 1 saturated heterocycles. The smallest absolute Gasteiger partial charge is 0.227 e. The number of benzene rings is 1. The molecule has 0 radical (unpaired) electrons. The van der Waals surface area contributed by atoms with Crippen LogP contribution in [-0.2, 0) is 11.3 Å². The van der Waals surface area contributed by atoms with E-state index in [0.29, 0.717) is 24.7 Å². The molecule has 0 N–H and O–H groups in total. The van der Waals surface area contributed by atoms with Gasteiger partial charge in [-0.3, -0.25) is 9.48 Å². The highest BCUT2D eigenvalue weighted by atomic mass is 35.5. The topological polar surface area (TPSA) is 47.4 Å². The van der Waals surface area contributed by atoms with Crippen LogP contribution in [0.1, 0.15) is 31.2 Å². The van der Waals surface area contributed by atoms with Crippen LogP contribution >= 0.6 is 11.6 Å². The van der Waals surface area contributed by atoms with Crippen molar-refractivity contribution < 1.29 is 13.9 Å². The zero-order valence-corrected chi connectivity index (χ0v) is 17.4. The standard InChI is InChI=1S/C21H27ClFN3O2/c1-14(11-26-16(3)20(22)15(2)24-26)21(27)25-10-6-7-17(12-25)13-28-19-9-5-4-8-18(19)23/h4-5,8-9,14,17H,6-7,10-13H2,1-3H3. The second-order valence-corrected chi connectivity index (χ2v) is 7.98. The van der Waals surface area contributed by atoms with E-state index in [9.17, 15) is 9.18 Å². The van der Waals surface area contributed by atoms with Gasteiger partial charge in [0.1, 0.15) is 0 Å². The Bertz CT molecular complexity index is 839. The van der Waals surface area contributed by atoms with E-state index in [0.717, 1.165) is 30.8 Å². The van der Waals surface area contributed by atoms with E-state index in [2.05, 4.69) is 5.10 Å². The summed E-state index contributed by atoms with van der Waals surface area (Å²) < 4.78 is 21.2. The molecular formula is C21H27ClFN3O2. The third-order valence-corrected chi connectivity index (χ3v) is 5.85. The fourth-order valence-corrected chi connectivity index (χ4v) is 3.81. The number of piperidine rings is 1. The first-order valence-electron chi connectivity index (χ1n) is 9.72. The molecule has 152 valence electrons. The van der Waals surface area contributed by atoms with Gasteiger partial charge >= 0.3 is 0 Å². The van der Waals surface area contributed by atoms with Gasteiger partial charge in [-0.15, -0.1) is 0 Å². The van der Waals surface area contributed by atoms with Crippen LogP contribution in [0.2, 0.25) is 5.02 Å². The number of likely N-dealkylation sites (tertiary alicyclic amines) is 1. The maximum atomic E-state index is 13.7. The molecule has 1 aliphatic rings. The normalized spacial score (nSPS) is 18.2. The van der Waals surface area contributed by atoms with E-state index in [1.807, 2.05) is 30.4 Å². The molecule has 1 aromatic heterocycles. The first-order chi connectivity index (χ1) is 13.4. The number of aromatic nitrogens is 2. The van der Waals surface area contributed by atoms with E-state index in [-0.39, 0.29) is 29.3 Å². The number of aryl methyl sites for hydroxylation is 1. The predicted octanol–water partition coefficient (Wildman–Crippen LogP) is 4.25. The quantitative estimate of drug-likeness (QED) is 0.719. The Morgan fingerprint density at radius 1 is 1.39 bits per heavy atom. The molecule has 28 heavy (non-hydrogen) atoms. The number of ether oxygens (including phenoxy) is 1. The molecule has 2 atom stereocenters. The number of carbonyl (C=O) groups excluding carboxylic acids is 1. The fraction of sp³-hybridized carbons (Fsp3) is 0.524. The maximum Gasteiger partial charge on any atom is 0.227 e. The second-order valence-electron chi connectivity index (χ2n) is 7.60. The molecule has 1 aliphatic heterocycles. The monoisotopic (exact) mass is 407 g/mol. The highest BCUT2D eigenvalue weighted by molar-refractivity contribution is 6.31. The van der Waals surface area contributed by atoms with Crippen molar-refractivity contribution in [2.24, 2.45) is 11.8 Å². The lowest BCUT2D eigenvalue weighted by Crippen LogP contribution is -2.44. The summed E-state index contributed by atoms with van der Waals surface area (Å²) >= 11 is 6.21. The number of nitrogens with zero attached hydrogens (tertiary/aromatic N) is 3. The Labute approximate surface area is 170 Å². The van der Waals surface area contributed by atoms with Crippen LogP contribution in [0.3, 0.4) is 0 Å². The summed E-state index contributed by atoms with van der Waals surface area (Å²) in [5.74, 6) is 0.0244. The summed E-state index contributed by atoms with van der Waals surface area (Å²) in [5, 5.41) is 5.08. The minimum Gasteiger partial charge on any atom is -0.490 e. The first kappa shape index (κ1) is 20.6. The summed E-state index contributed by atoms with van der Waals surface area (Å²) in [4.78, 5) is 14.8. The van der Waals surface area contributed by atoms with Gasteiger partial charge in [0.15, 0.2) is 11.6 Å². The first-order valence-corrected chi connectivity index (χ1v) is 10.1. The molecule has 0 aliphatic carbocycles. The van der Waals surface area contributed by atoms with Crippen LogP contribution < -0.4 is 4.74 Å². The Hall–Kier alpha value is -2.08. The fourth-order valence-electron chi connectivity index (χ4n) is 3.67. The molecule has 3 rings (SSSR count). The van der Waals surface area contributed by atoms with Crippen LogP contribution in [0, 0.1) is 31.5 Å². The molecule has 2 unspecified atom stereocenters. The molecule has 2 heterocycles. The molecule has 0 spiro atoms. The van der Waals surface area contributed by atoms with Gasteiger partial charge in [0.2, 0.25) is 5.91 Å². The van der Waals surface area contributed by atoms with E-state index in [4.69, 9.17) is 16.3 Å². The minimum atomic E-state index is -0.358. The van der Waals surface area contributed by atoms with Crippen LogP contribution in [-0.4, -0.2) is 40.3 Å². The van der Waals surface area contributed by atoms with Gasteiger partial charge in [-0.1, -0.05) is 30.7 Å². The van der Waals surface area contributed by atoms with Gasteiger partial charge in [-0.25, -0.2) is 4.39 Å². The molecule has 0 saturated carbocycles. The predicted molar refractivity (Wildman–Crippen MR) is 107 cm³/mol. The lowest BCUT2D eigenvalue weighted by molar-refractivity contribution is -0.137. The summed E-state index contributed by atoms with van der Waals surface area (Å²) in [6, 6.07) is 6.41. The summed E-state index contributed by atoms with van der Waals surface area (Å²) in [6.45, 7) is 8.00. The van der Waals surface area contributed by atoms with Crippen molar-refractivity contribution in [3.63, 3.8) is 0 Å². The third kappa shape index (κ3) is 4.66. The Balaban J connectivity index is 1.56. The average Bonchev–Trinajstić information content (AvgIpc) is 2.93. The van der Waals surface area contributed by atoms with Crippen LogP contribution in [0.5, 0.6) is 5.75 Å². The SMILES string of the molecule is Cc1nn(CC(C)C(=O)N2CCCC(COc3ccccc3F)C2)c(C)c1Cl. The number of amides is 1. The Morgan fingerprint density at radius 3 is 2.82 bits per heavy atom. The van der Waals surface area contributed by atoms with Gasteiger partial charge < -0.3 is 9.64 Å². The molecule has 1 amide bonds. The van der Waals surface area contributed by atoms with Gasteiger partial charge in [0.25, 0.3) is 0 Å². The molecule has 0 bridgehead atoms. The summed E-state index contributed by atoms with van der Waals surface area (Å²) in [6.07, 6.45) is 1.90. The van der Waals surface area contributed by atoms with Crippen molar-refractivity contribution >= 4 is 17.5 Å². The number of para-hydroxylation sites is 1. The van der Waals surface area contributed by atoms with Crippen molar-refractivity contribution in [3.8, 4) is 5.75 Å². The van der Waals surface area contributed by atoms with Gasteiger partial charge in [0.05, 0.1) is 35.5 Å². The van der Waals surface area contributed by atoms with Crippen molar-refractivity contribution in [2.75, 3.05) is 19.7 Å². The number of hydrogen-bond acceptors (Lipinski definition) is 3. The third-order valence-electron chi connectivity index (χ3n) is 5.30. The van der Waals surface area contributed by atoms with E-state index >= 15 is 0 Å². The number of hydrogen-bond donors (Lipinski definition) is 0. The molecule has 2 aromatic rings. The molecule has 5 nitrogen and oxygen atoms in total. The van der Waals surface area contributed by atoms with Gasteiger partial charge in [-0.05, 0) is 38.8 Å². The lowest BCUT2D eigenvalue weighted by atomic mass is 9.97. The Morgan fingerprint density at radius 2 is 2.14 bits per heavy atom. The lowest BCUT2D eigenvalue weighted by Gasteiger charge is -2.34. The number of halogens is 2. The van der Waals surface area contributed by atoms with Crippen molar-refractivity contribution in [3.05, 3.63) is 46.5 Å². The zero-order valence-electron chi connectivity index (χ0n) is 16.6. The molecule has 1 fully saturated rings. The average molecular weight is 408 g/mol. The van der Waals surface area contributed by atoms with E-state index in [1.165, 1.54) is 6.07 Å². The van der Waals surface area contributed by atoms with E-state index < -0.39 is 0 Å². The largest absolute Gasteiger partial charge is 0.490 e. The van der Waals surface area contributed by atoms with E-state index in [1.54, 1.807) is 18.2 Å². The summed E-state index contributed by atoms with van der Waals surface area (Å²) in [5.41, 5.74) is 1.66. The van der Waals surface area contributed by atoms with Gasteiger partial charge in [-0.2, -0.15) is 5.10 Å². The van der Waals surface area contributed by atoms with Gasteiger partial charge in [0, 0.05) is 19.0 Å². The maximum absolute atomic E-state index is 13.7. The highest BCUT2D eigenvalue weighted by Crippen LogP contribution is 2.23. The molecule has 1 aromatic carbocycles. The number of carbonyl (C=O) groups is 1. The number of rotatable bonds is 6. The minimum absolute atomic E-state index is 0.110. The highest BCUT2D eigenvalue weighted by Gasteiger charge is 2.28. The molecule has 7 heteroatoms. The van der Waals surface area contributed by atoms with Crippen LogP contribution in [0.25, 0.3) is 0 Å². The van der Waals surface area contributed by atoms with Crippen LogP contribution in [0.4, 0.5) is 4.39 Å². The van der Waals surface area contributed by atoms with Crippen molar-refractivity contribution in [1.29, 1.82) is 0 Å². The van der Waals surface area contributed by atoms with Crippen molar-refractivity contribution in [2.45, 2.75) is 40.2 Å². The molecular weight excluding hydrogens is 381 g/mol. The Kier molecular flexibility index (Phi) is 6.60. The van der Waals surface area contributed by atoms with Crippen LogP contribution in [0.15, 0.2) is 24.3 Å². The zero-order chi connectivity index (χ0) is 20.3.